The first kappa shape index (κ1) is 13.4. The predicted molar refractivity (Wildman–Crippen MR) is 65.9 cm³/mol. The number of rotatable bonds is 7. The van der Waals surface area contributed by atoms with E-state index in [2.05, 4.69) is 22.2 Å². The van der Waals surface area contributed by atoms with Crippen molar-refractivity contribution >= 4 is 11.8 Å². The lowest BCUT2D eigenvalue weighted by atomic mass is 10.1. The quantitative estimate of drug-likeness (QED) is 0.758. The van der Waals surface area contributed by atoms with Crippen LogP contribution in [0.15, 0.2) is 12.4 Å². The Morgan fingerprint density at radius 2 is 2.29 bits per heavy atom. The first-order valence-electron chi connectivity index (χ1n) is 5.91. The van der Waals surface area contributed by atoms with Crippen molar-refractivity contribution in [2.24, 2.45) is 5.92 Å². The lowest BCUT2D eigenvalue weighted by Gasteiger charge is -2.08. The minimum absolute atomic E-state index is 0.334. The highest BCUT2D eigenvalue weighted by Gasteiger charge is 2.09. The predicted octanol–water partition coefficient (Wildman–Crippen LogP) is 1.95. The highest BCUT2D eigenvalue weighted by molar-refractivity contribution is 5.69. The van der Waals surface area contributed by atoms with Gasteiger partial charge in [0, 0.05) is 18.3 Å². The fraction of sp³-hybridized carbons (Fsp3) is 0.583. The Hall–Kier alpha value is -1.65. The van der Waals surface area contributed by atoms with E-state index in [9.17, 15) is 4.79 Å². The van der Waals surface area contributed by atoms with E-state index in [-0.39, 0.29) is 5.92 Å². The highest BCUT2D eigenvalue weighted by atomic mass is 16.4. The largest absolute Gasteiger partial charge is 0.481 e. The van der Waals surface area contributed by atoms with Crippen molar-refractivity contribution in [3.63, 3.8) is 0 Å². The molecule has 1 heterocycles. The maximum atomic E-state index is 10.6. The maximum Gasteiger partial charge on any atom is 0.306 e. The van der Waals surface area contributed by atoms with E-state index in [1.54, 1.807) is 6.92 Å². The van der Waals surface area contributed by atoms with Gasteiger partial charge >= 0.3 is 5.97 Å². The molecule has 17 heavy (non-hydrogen) atoms. The molecule has 1 rings (SSSR count). The van der Waals surface area contributed by atoms with E-state index in [1.807, 2.05) is 6.07 Å². The molecule has 0 aliphatic rings. The average molecular weight is 237 g/mol. The molecule has 94 valence electrons. The number of carboxylic acid groups (broad SMARTS) is 1. The van der Waals surface area contributed by atoms with Gasteiger partial charge in [-0.15, -0.1) is 0 Å². The molecule has 1 aromatic heterocycles. The molecule has 0 aliphatic carbocycles. The average Bonchev–Trinajstić information content (AvgIpc) is 2.29. The summed E-state index contributed by atoms with van der Waals surface area (Å²) in [4.78, 5) is 18.9. The van der Waals surface area contributed by atoms with Crippen LogP contribution < -0.4 is 5.32 Å². The SMILES string of the molecule is CCCc1cc(NCCC(C)C(=O)O)ncn1. The molecule has 0 saturated carbocycles. The molecule has 5 nitrogen and oxygen atoms in total. The minimum atomic E-state index is -0.763. The van der Waals surface area contributed by atoms with Crippen LogP contribution in [0.2, 0.25) is 0 Å². The molecule has 1 aromatic rings. The van der Waals surface area contributed by atoms with Crippen molar-refractivity contribution in [1.29, 1.82) is 0 Å². The van der Waals surface area contributed by atoms with E-state index < -0.39 is 5.97 Å². The van der Waals surface area contributed by atoms with Gasteiger partial charge in [0.2, 0.25) is 0 Å². The van der Waals surface area contributed by atoms with Gasteiger partial charge in [-0.3, -0.25) is 4.79 Å². The van der Waals surface area contributed by atoms with Gasteiger partial charge in [0.05, 0.1) is 5.92 Å². The van der Waals surface area contributed by atoms with Crippen LogP contribution >= 0.6 is 0 Å². The minimum Gasteiger partial charge on any atom is -0.481 e. The summed E-state index contributed by atoms with van der Waals surface area (Å²) in [6, 6.07) is 1.91. The van der Waals surface area contributed by atoms with Gasteiger partial charge in [0.15, 0.2) is 0 Å². The number of nitrogens with zero attached hydrogens (tertiary/aromatic N) is 2. The van der Waals surface area contributed by atoms with Crippen LogP contribution in [-0.2, 0) is 11.2 Å². The Bertz CT molecular complexity index is 369. The summed E-state index contributed by atoms with van der Waals surface area (Å²) in [5.74, 6) is -0.332. The van der Waals surface area contributed by atoms with Crippen molar-refractivity contribution in [3.05, 3.63) is 18.1 Å². The van der Waals surface area contributed by atoms with Crippen LogP contribution in [0.4, 0.5) is 5.82 Å². The normalized spacial score (nSPS) is 12.1. The zero-order chi connectivity index (χ0) is 12.7. The van der Waals surface area contributed by atoms with Crippen molar-refractivity contribution in [3.8, 4) is 0 Å². The second-order valence-electron chi connectivity index (χ2n) is 4.10. The lowest BCUT2D eigenvalue weighted by molar-refractivity contribution is -0.141. The second kappa shape index (κ2) is 6.83. The Labute approximate surface area is 101 Å². The second-order valence-corrected chi connectivity index (χ2v) is 4.10. The summed E-state index contributed by atoms with van der Waals surface area (Å²) < 4.78 is 0. The number of nitrogens with one attached hydrogen (secondary N) is 1. The third kappa shape index (κ3) is 4.80. The van der Waals surface area contributed by atoms with Crippen molar-refractivity contribution in [1.82, 2.24) is 9.97 Å². The van der Waals surface area contributed by atoms with Gasteiger partial charge in [-0.2, -0.15) is 0 Å². The molecular formula is C12H19N3O2. The lowest BCUT2D eigenvalue weighted by Crippen LogP contribution is -2.15. The molecule has 0 amide bonds. The van der Waals surface area contributed by atoms with Crippen LogP contribution in [0.5, 0.6) is 0 Å². The number of carbonyl (C=O) groups is 1. The summed E-state index contributed by atoms with van der Waals surface area (Å²) >= 11 is 0. The van der Waals surface area contributed by atoms with Crippen molar-refractivity contribution in [2.75, 3.05) is 11.9 Å². The Morgan fingerprint density at radius 1 is 1.53 bits per heavy atom. The number of carboxylic acids is 1. The molecule has 0 fully saturated rings. The van der Waals surface area contributed by atoms with Gasteiger partial charge in [-0.25, -0.2) is 9.97 Å². The molecule has 1 atom stereocenters. The molecule has 2 N–H and O–H groups in total. The molecule has 0 aromatic carbocycles. The third-order valence-electron chi connectivity index (χ3n) is 2.53. The molecule has 0 saturated heterocycles. The molecule has 0 radical (unpaired) electrons. The number of aliphatic carboxylic acids is 1. The van der Waals surface area contributed by atoms with Crippen molar-refractivity contribution in [2.45, 2.75) is 33.1 Å². The molecule has 0 bridgehead atoms. The first-order valence-corrected chi connectivity index (χ1v) is 5.91. The van der Waals surface area contributed by atoms with E-state index >= 15 is 0 Å². The monoisotopic (exact) mass is 237 g/mol. The van der Waals surface area contributed by atoms with Crippen LogP contribution in [-0.4, -0.2) is 27.6 Å². The zero-order valence-electron chi connectivity index (χ0n) is 10.3. The molecule has 5 heteroatoms. The van der Waals surface area contributed by atoms with Crippen LogP contribution in [0.25, 0.3) is 0 Å². The van der Waals surface area contributed by atoms with Gasteiger partial charge in [0.25, 0.3) is 0 Å². The third-order valence-corrected chi connectivity index (χ3v) is 2.53. The molecule has 0 spiro atoms. The Kier molecular flexibility index (Phi) is 5.39. The van der Waals surface area contributed by atoms with Gasteiger partial charge in [-0.05, 0) is 12.8 Å². The van der Waals surface area contributed by atoms with E-state index in [1.165, 1.54) is 6.33 Å². The number of hydrogen-bond acceptors (Lipinski definition) is 4. The summed E-state index contributed by atoms with van der Waals surface area (Å²) in [7, 11) is 0. The molecule has 0 aliphatic heterocycles. The zero-order valence-corrected chi connectivity index (χ0v) is 10.3. The summed E-state index contributed by atoms with van der Waals surface area (Å²) in [5, 5.41) is 11.9. The Morgan fingerprint density at radius 3 is 2.94 bits per heavy atom. The van der Waals surface area contributed by atoms with E-state index in [0.717, 1.165) is 24.4 Å². The standard InChI is InChI=1S/C12H19N3O2/c1-3-4-10-7-11(15-8-14-10)13-6-5-9(2)12(16)17/h7-9H,3-6H2,1-2H3,(H,16,17)(H,13,14,15). The first-order chi connectivity index (χ1) is 8.13. The van der Waals surface area contributed by atoms with Gasteiger partial charge < -0.3 is 10.4 Å². The number of aromatic nitrogens is 2. The Balaban J connectivity index is 2.41. The molecule has 1 unspecified atom stereocenters. The van der Waals surface area contributed by atoms with Crippen LogP contribution in [0.1, 0.15) is 32.4 Å². The smallest absolute Gasteiger partial charge is 0.306 e. The topological polar surface area (TPSA) is 75.1 Å². The summed E-state index contributed by atoms with van der Waals surface area (Å²) in [6.07, 6.45) is 4.10. The summed E-state index contributed by atoms with van der Waals surface area (Å²) in [5.41, 5.74) is 1.01. The number of hydrogen-bond donors (Lipinski definition) is 2. The van der Waals surface area contributed by atoms with Crippen LogP contribution in [0.3, 0.4) is 0 Å². The van der Waals surface area contributed by atoms with Gasteiger partial charge in [0.1, 0.15) is 12.1 Å². The van der Waals surface area contributed by atoms with E-state index in [4.69, 9.17) is 5.11 Å². The number of anilines is 1. The molecular weight excluding hydrogens is 218 g/mol. The highest BCUT2D eigenvalue weighted by Crippen LogP contribution is 2.07. The van der Waals surface area contributed by atoms with Crippen LogP contribution in [0, 0.1) is 5.92 Å². The van der Waals surface area contributed by atoms with Gasteiger partial charge in [-0.1, -0.05) is 20.3 Å². The number of aryl methyl sites for hydroxylation is 1. The fourth-order valence-corrected chi connectivity index (χ4v) is 1.43. The summed E-state index contributed by atoms with van der Waals surface area (Å²) in [6.45, 7) is 4.41. The fourth-order valence-electron chi connectivity index (χ4n) is 1.43. The maximum absolute atomic E-state index is 10.6. The van der Waals surface area contributed by atoms with Crippen molar-refractivity contribution < 1.29 is 9.90 Å². The van der Waals surface area contributed by atoms with E-state index in [0.29, 0.717) is 13.0 Å².